The molecule has 0 aliphatic carbocycles. The summed E-state index contributed by atoms with van der Waals surface area (Å²) in [5, 5.41) is 4.41. The Labute approximate surface area is 173 Å². The second-order valence-corrected chi connectivity index (χ2v) is 9.88. The van der Waals surface area contributed by atoms with Crippen LogP contribution in [-0.4, -0.2) is 38.9 Å². The standard InChI is InChI=1S/C19H27FN4O2S2/c1-12-13(10-22-9-7-21-17(22)27)28-16-14(12)15(25)24(11-19(2,3)4)18(26)23(16)8-5-6-20/h5-11H2,1-4H3,(H,21,27). The lowest BCUT2D eigenvalue weighted by atomic mass is 9.97. The Bertz CT molecular complexity index is 1020. The minimum atomic E-state index is -0.503. The monoisotopic (exact) mass is 426 g/mol. The van der Waals surface area contributed by atoms with E-state index in [4.69, 9.17) is 12.2 Å². The minimum Gasteiger partial charge on any atom is -0.361 e. The molecule has 154 valence electrons. The van der Waals surface area contributed by atoms with Crippen molar-refractivity contribution >= 4 is 38.9 Å². The van der Waals surface area contributed by atoms with Crippen molar-refractivity contribution in [3.05, 3.63) is 31.3 Å². The van der Waals surface area contributed by atoms with Crippen LogP contribution in [0, 0.1) is 12.3 Å². The molecule has 2 aromatic heterocycles. The Balaban J connectivity index is 2.19. The van der Waals surface area contributed by atoms with Crippen LogP contribution in [0.1, 0.15) is 37.6 Å². The van der Waals surface area contributed by atoms with E-state index in [0.29, 0.717) is 28.4 Å². The smallest absolute Gasteiger partial charge is 0.332 e. The molecule has 3 heterocycles. The van der Waals surface area contributed by atoms with Gasteiger partial charge in [0.1, 0.15) is 4.83 Å². The number of thiocarbonyl (C=S) groups is 1. The third kappa shape index (κ3) is 4.00. The molecule has 1 aliphatic rings. The van der Waals surface area contributed by atoms with Crippen molar-refractivity contribution in [3.8, 4) is 0 Å². The molecule has 0 bridgehead atoms. The van der Waals surface area contributed by atoms with E-state index in [9.17, 15) is 14.0 Å². The summed E-state index contributed by atoms with van der Waals surface area (Å²) >= 11 is 6.77. The second-order valence-electron chi connectivity index (χ2n) is 8.41. The van der Waals surface area contributed by atoms with E-state index in [2.05, 4.69) is 10.2 Å². The van der Waals surface area contributed by atoms with Crippen LogP contribution in [0.25, 0.3) is 10.2 Å². The van der Waals surface area contributed by atoms with Crippen molar-refractivity contribution in [2.24, 2.45) is 5.41 Å². The summed E-state index contributed by atoms with van der Waals surface area (Å²) in [5.74, 6) is 0. The van der Waals surface area contributed by atoms with Crippen molar-refractivity contribution < 1.29 is 4.39 Å². The summed E-state index contributed by atoms with van der Waals surface area (Å²) < 4.78 is 15.7. The summed E-state index contributed by atoms with van der Waals surface area (Å²) in [6.45, 7) is 10.2. The molecule has 0 spiro atoms. The highest BCUT2D eigenvalue weighted by Gasteiger charge is 2.24. The van der Waals surface area contributed by atoms with Crippen LogP contribution >= 0.6 is 23.6 Å². The van der Waals surface area contributed by atoms with Crippen molar-refractivity contribution in [1.29, 1.82) is 0 Å². The Kier molecular flexibility index (Phi) is 5.95. The quantitative estimate of drug-likeness (QED) is 0.720. The first kappa shape index (κ1) is 21.0. The van der Waals surface area contributed by atoms with Crippen LogP contribution in [0.15, 0.2) is 9.59 Å². The van der Waals surface area contributed by atoms with Crippen LogP contribution < -0.4 is 16.6 Å². The molecule has 0 aromatic carbocycles. The number of nitrogens with zero attached hydrogens (tertiary/aromatic N) is 3. The van der Waals surface area contributed by atoms with E-state index in [0.717, 1.165) is 23.5 Å². The molecule has 1 N–H and O–H groups in total. The summed E-state index contributed by atoms with van der Waals surface area (Å²) in [6.07, 6.45) is 0.245. The summed E-state index contributed by atoms with van der Waals surface area (Å²) in [7, 11) is 0. The van der Waals surface area contributed by atoms with Crippen LogP contribution in [0.5, 0.6) is 0 Å². The Morgan fingerprint density at radius 1 is 1.25 bits per heavy atom. The van der Waals surface area contributed by atoms with E-state index < -0.39 is 6.67 Å². The van der Waals surface area contributed by atoms with Crippen LogP contribution in [0.3, 0.4) is 0 Å². The SMILES string of the molecule is Cc1c(CN2CCNC2=S)sc2c1c(=O)n(CC(C)(C)C)c(=O)n2CCCF. The molecule has 1 saturated heterocycles. The molecule has 28 heavy (non-hydrogen) atoms. The fourth-order valence-electron chi connectivity index (χ4n) is 3.46. The van der Waals surface area contributed by atoms with Gasteiger partial charge in [-0.15, -0.1) is 11.3 Å². The lowest BCUT2D eigenvalue weighted by Crippen LogP contribution is -2.42. The number of alkyl halides is 1. The number of thiophene rings is 1. The van der Waals surface area contributed by atoms with E-state index in [1.54, 1.807) is 4.57 Å². The number of nitrogens with one attached hydrogen (secondary N) is 1. The molecule has 0 saturated carbocycles. The predicted molar refractivity (Wildman–Crippen MR) is 116 cm³/mol. The van der Waals surface area contributed by atoms with E-state index in [-0.39, 0.29) is 29.6 Å². The highest BCUT2D eigenvalue weighted by Crippen LogP contribution is 2.30. The average molecular weight is 427 g/mol. The van der Waals surface area contributed by atoms with Crippen LogP contribution in [-0.2, 0) is 19.6 Å². The maximum absolute atomic E-state index is 13.2. The Morgan fingerprint density at radius 3 is 2.54 bits per heavy atom. The molecule has 2 aromatic rings. The second kappa shape index (κ2) is 7.94. The van der Waals surface area contributed by atoms with E-state index >= 15 is 0 Å². The van der Waals surface area contributed by atoms with Gasteiger partial charge in [0.25, 0.3) is 5.56 Å². The molecule has 3 rings (SSSR count). The Hall–Kier alpha value is -1.74. The number of hydrogen-bond donors (Lipinski definition) is 1. The summed E-state index contributed by atoms with van der Waals surface area (Å²) in [5.41, 5.74) is 0.0475. The van der Waals surface area contributed by atoms with E-state index in [1.165, 1.54) is 15.9 Å². The number of halogens is 1. The van der Waals surface area contributed by atoms with Crippen LogP contribution in [0.4, 0.5) is 4.39 Å². The van der Waals surface area contributed by atoms with Gasteiger partial charge in [-0.1, -0.05) is 20.8 Å². The number of aryl methyl sites for hydroxylation is 2. The Morgan fingerprint density at radius 2 is 1.96 bits per heavy atom. The molecular weight excluding hydrogens is 399 g/mol. The fraction of sp³-hybridized carbons (Fsp3) is 0.632. The first-order valence-corrected chi connectivity index (χ1v) is 10.7. The maximum Gasteiger partial charge on any atom is 0.332 e. The summed E-state index contributed by atoms with van der Waals surface area (Å²) in [6, 6.07) is 0. The maximum atomic E-state index is 13.2. The van der Waals surface area contributed by atoms with Gasteiger partial charge in [-0.3, -0.25) is 18.3 Å². The number of aromatic nitrogens is 2. The van der Waals surface area contributed by atoms with Gasteiger partial charge in [-0.25, -0.2) is 4.79 Å². The lowest BCUT2D eigenvalue weighted by molar-refractivity contribution is 0.326. The molecule has 0 atom stereocenters. The fourth-order valence-corrected chi connectivity index (χ4v) is 5.04. The highest BCUT2D eigenvalue weighted by molar-refractivity contribution is 7.80. The minimum absolute atomic E-state index is 0.227. The molecule has 1 fully saturated rings. The molecule has 9 heteroatoms. The van der Waals surface area contributed by atoms with Gasteiger partial charge in [0.2, 0.25) is 0 Å². The molecule has 6 nitrogen and oxygen atoms in total. The lowest BCUT2D eigenvalue weighted by Gasteiger charge is -2.20. The zero-order valence-corrected chi connectivity index (χ0v) is 18.4. The third-order valence-corrected chi connectivity index (χ3v) is 6.52. The van der Waals surface area contributed by atoms with Gasteiger partial charge in [-0.05, 0) is 36.5 Å². The predicted octanol–water partition coefficient (Wildman–Crippen LogP) is 2.63. The molecule has 0 radical (unpaired) electrons. The number of hydrogen-bond acceptors (Lipinski definition) is 4. The zero-order chi connectivity index (χ0) is 20.6. The largest absolute Gasteiger partial charge is 0.361 e. The van der Waals surface area contributed by atoms with Crippen molar-refractivity contribution in [3.63, 3.8) is 0 Å². The van der Waals surface area contributed by atoms with Gasteiger partial charge < -0.3 is 10.2 Å². The topological polar surface area (TPSA) is 59.3 Å². The van der Waals surface area contributed by atoms with E-state index in [1.807, 2.05) is 27.7 Å². The highest BCUT2D eigenvalue weighted by atomic mass is 32.1. The van der Waals surface area contributed by atoms with Gasteiger partial charge in [-0.2, -0.15) is 0 Å². The molecular formula is C19H27FN4O2S2. The normalized spacial score (nSPS) is 14.9. The van der Waals surface area contributed by atoms with Crippen molar-refractivity contribution in [1.82, 2.24) is 19.4 Å². The average Bonchev–Trinajstić information content (AvgIpc) is 3.15. The van der Waals surface area contributed by atoms with Crippen molar-refractivity contribution in [2.75, 3.05) is 19.8 Å². The number of fused-ring (bicyclic) bond motifs is 1. The molecule has 0 amide bonds. The zero-order valence-electron chi connectivity index (χ0n) is 16.8. The number of rotatable bonds is 6. The molecule has 1 aliphatic heterocycles. The van der Waals surface area contributed by atoms with Gasteiger partial charge in [0.15, 0.2) is 5.11 Å². The van der Waals surface area contributed by atoms with Gasteiger partial charge in [0, 0.05) is 31.1 Å². The first-order valence-electron chi connectivity index (χ1n) is 9.48. The molecule has 0 unspecified atom stereocenters. The van der Waals surface area contributed by atoms with Gasteiger partial charge >= 0.3 is 5.69 Å². The first-order chi connectivity index (χ1) is 13.1. The van der Waals surface area contributed by atoms with Crippen LogP contribution in [0.2, 0.25) is 0 Å². The van der Waals surface area contributed by atoms with Gasteiger partial charge in [0.05, 0.1) is 18.6 Å². The summed E-state index contributed by atoms with van der Waals surface area (Å²) in [4.78, 5) is 30.0. The third-order valence-electron chi connectivity index (χ3n) is 4.82. The van der Waals surface area contributed by atoms with Crippen molar-refractivity contribution in [2.45, 2.75) is 53.8 Å².